The van der Waals surface area contributed by atoms with Crippen LogP contribution in [0.4, 0.5) is 0 Å². The molecule has 0 radical (unpaired) electrons. The Morgan fingerprint density at radius 1 is 0.339 bits per heavy atom. The van der Waals surface area contributed by atoms with Gasteiger partial charge in [-0.25, -0.2) is 16.8 Å². The standard InChI is InChI=1S/C46H30O8S2/c1-3-33-13-17-39(18-14-33)53-43-9-5-7-11-45(43)55(47,48)41-29-25-37(26-30-41)51-35-21-23-36(24-22-35)52-38-27-31-42(32-28-38)56(49,50)46-12-8-6-10-44(46)54-40-19-15-34(4-2)16-20-40/h1-2,5-32H. The van der Waals surface area contributed by atoms with Crippen LogP contribution in [0.2, 0.25) is 0 Å². The molecule has 0 heterocycles. The largest absolute Gasteiger partial charge is 0.457 e. The fraction of sp³-hybridized carbons (Fsp3) is 0. The van der Waals surface area contributed by atoms with Gasteiger partial charge in [-0.3, -0.25) is 0 Å². The van der Waals surface area contributed by atoms with Gasteiger partial charge in [-0.15, -0.1) is 12.8 Å². The van der Waals surface area contributed by atoms with Gasteiger partial charge in [0.05, 0.1) is 9.79 Å². The summed E-state index contributed by atoms with van der Waals surface area (Å²) in [5.74, 6) is 8.13. The zero-order valence-corrected chi connectivity index (χ0v) is 31.0. The van der Waals surface area contributed by atoms with E-state index in [1.54, 1.807) is 133 Å². The molecule has 0 fully saturated rings. The van der Waals surface area contributed by atoms with E-state index in [0.717, 1.165) is 0 Å². The highest BCUT2D eigenvalue weighted by Crippen LogP contribution is 2.36. The van der Waals surface area contributed by atoms with Crippen molar-refractivity contribution in [1.82, 2.24) is 0 Å². The molecule has 0 unspecified atom stereocenters. The molecule has 7 aromatic carbocycles. The quantitative estimate of drug-likeness (QED) is 0.113. The zero-order chi connectivity index (χ0) is 39.1. The molecule has 0 saturated heterocycles. The number of hydrogen-bond donors (Lipinski definition) is 0. The predicted octanol–water partition coefficient (Wildman–Crippen LogP) is 10.5. The molecular weight excluding hydrogens is 745 g/mol. The van der Waals surface area contributed by atoms with Gasteiger partial charge in [0, 0.05) is 11.1 Å². The molecule has 7 rings (SSSR count). The minimum Gasteiger partial charge on any atom is -0.457 e. The third-order valence-corrected chi connectivity index (χ3v) is 12.0. The number of sulfone groups is 2. The maximum Gasteiger partial charge on any atom is 0.210 e. The number of ether oxygens (including phenoxy) is 4. The second-order valence-corrected chi connectivity index (χ2v) is 15.9. The van der Waals surface area contributed by atoms with Crippen LogP contribution in [0.5, 0.6) is 46.0 Å². The highest BCUT2D eigenvalue weighted by atomic mass is 32.2. The van der Waals surface area contributed by atoms with Gasteiger partial charge in [0.2, 0.25) is 19.7 Å². The molecular formula is C46H30O8S2. The summed E-state index contributed by atoms with van der Waals surface area (Å²) in [6.07, 6.45) is 10.9. The second kappa shape index (κ2) is 16.0. The van der Waals surface area contributed by atoms with Crippen molar-refractivity contribution in [1.29, 1.82) is 0 Å². The summed E-state index contributed by atoms with van der Waals surface area (Å²) >= 11 is 0. The number of benzene rings is 7. The van der Waals surface area contributed by atoms with Crippen molar-refractivity contribution in [2.75, 3.05) is 0 Å². The summed E-state index contributed by atoms with van der Waals surface area (Å²) < 4.78 is 78.2. The fourth-order valence-corrected chi connectivity index (χ4v) is 8.24. The summed E-state index contributed by atoms with van der Waals surface area (Å²) in [5.41, 5.74) is 1.36. The van der Waals surface area contributed by atoms with Crippen molar-refractivity contribution in [2.45, 2.75) is 19.6 Å². The lowest BCUT2D eigenvalue weighted by atomic mass is 10.2. The summed E-state index contributed by atoms with van der Waals surface area (Å²) in [5, 5.41) is 0. The number of para-hydroxylation sites is 2. The maximum atomic E-state index is 13.6. The third kappa shape index (κ3) is 8.28. The molecule has 8 nitrogen and oxygen atoms in total. The first kappa shape index (κ1) is 37.1. The van der Waals surface area contributed by atoms with Gasteiger partial charge in [-0.2, -0.15) is 0 Å². The molecule has 0 aliphatic rings. The fourth-order valence-electron chi connectivity index (χ4n) is 5.48. The van der Waals surface area contributed by atoms with Crippen LogP contribution in [-0.4, -0.2) is 16.8 Å². The van der Waals surface area contributed by atoms with Crippen molar-refractivity contribution in [3.8, 4) is 70.7 Å². The van der Waals surface area contributed by atoms with Crippen LogP contribution in [0.3, 0.4) is 0 Å². The van der Waals surface area contributed by atoms with E-state index in [0.29, 0.717) is 45.6 Å². The van der Waals surface area contributed by atoms with Crippen molar-refractivity contribution >= 4 is 19.7 Å². The predicted molar refractivity (Wildman–Crippen MR) is 212 cm³/mol. The minimum atomic E-state index is -3.94. The maximum absolute atomic E-state index is 13.6. The Morgan fingerprint density at radius 3 is 0.929 bits per heavy atom. The normalized spacial score (nSPS) is 11.1. The van der Waals surface area contributed by atoms with E-state index < -0.39 is 19.7 Å². The molecule has 7 aromatic rings. The van der Waals surface area contributed by atoms with Gasteiger partial charge < -0.3 is 18.9 Å². The van der Waals surface area contributed by atoms with Crippen LogP contribution in [0.25, 0.3) is 0 Å². The van der Waals surface area contributed by atoms with Crippen LogP contribution < -0.4 is 18.9 Å². The Hall–Kier alpha value is -7.24. The highest BCUT2D eigenvalue weighted by molar-refractivity contribution is 7.92. The van der Waals surface area contributed by atoms with E-state index in [-0.39, 0.29) is 31.1 Å². The highest BCUT2D eigenvalue weighted by Gasteiger charge is 2.24. The first-order valence-electron chi connectivity index (χ1n) is 17.0. The monoisotopic (exact) mass is 774 g/mol. The number of rotatable bonds is 12. The van der Waals surface area contributed by atoms with Gasteiger partial charge in [0.25, 0.3) is 0 Å². The third-order valence-electron chi connectivity index (χ3n) is 8.34. The summed E-state index contributed by atoms with van der Waals surface area (Å²) in [4.78, 5) is 0.160. The Bertz CT molecular complexity index is 2600. The second-order valence-electron chi connectivity index (χ2n) is 12.1. The Kier molecular flexibility index (Phi) is 10.6. The van der Waals surface area contributed by atoms with Crippen LogP contribution in [-0.2, 0) is 19.7 Å². The molecule has 0 aliphatic heterocycles. The van der Waals surface area contributed by atoms with E-state index >= 15 is 0 Å². The van der Waals surface area contributed by atoms with Crippen molar-refractivity contribution in [2.24, 2.45) is 0 Å². The van der Waals surface area contributed by atoms with E-state index in [1.165, 1.54) is 36.4 Å². The Balaban J connectivity index is 0.987. The average molecular weight is 775 g/mol. The molecule has 56 heavy (non-hydrogen) atoms. The van der Waals surface area contributed by atoms with Crippen LogP contribution in [0.15, 0.2) is 189 Å². The van der Waals surface area contributed by atoms with Gasteiger partial charge in [-0.05, 0) is 146 Å². The molecule has 0 amide bonds. The number of terminal acetylenes is 2. The smallest absolute Gasteiger partial charge is 0.210 e. The van der Waals surface area contributed by atoms with Gasteiger partial charge in [-0.1, -0.05) is 36.1 Å². The zero-order valence-electron chi connectivity index (χ0n) is 29.4. The Labute approximate surface area is 325 Å². The Morgan fingerprint density at radius 2 is 0.607 bits per heavy atom. The molecule has 0 spiro atoms. The van der Waals surface area contributed by atoms with E-state index in [9.17, 15) is 16.8 Å². The molecule has 0 saturated carbocycles. The van der Waals surface area contributed by atoms with Crippen LogP contribution in [0.1, 0.15) is 11.1 Å². The van der Waals surface area contributed by atoms with Gasteiger partial charge in [0.15, 0.2) is 0 Å². The van der Waals surface area contributed by atoms with E-state index in [2.05, 4.69) is 11.8 Å². The number of hydrogen-bond acceptors (Lipinski definition) is 8. The first-order valence-corrected chi connectivity index (χ1v) is 19.9. The minimum absolute atomic E-state index is 0.0146. The summed E-state index contributed by atoms with van der Waals surface area (Å²) in [6.45, 7) is 0. The lowest BCUT2D eigenvalue weighted by molar-refractivity contribution is 0.466. The van der Waals surface area contributed by atoms with Crippen molar-refractivity contribution in [3.05, 3.63) is 181 Å². The first-order chi connectivity index (χ1) is 27.1. The lowest BCUT2D eigenvalue weighted by Crippen LogP contribution is -2.04. The summed E-state index contributed by atoms with van der Waals surface area (Å²) in [6, 6.07) is 45.3. The average Bonchev–Trinajstić information content (AvgIpc) is 3.23. The molecule has 0 N–H and O–H groups in total. The van der Waals surface area contributed by atoms with Gasteiger partial charge >= 0.3 is 0 Å². The lowest BCUT2D eigenvalue weighted by Gasteiger charge is -2.13. The van der Waals surface area contributed by atoms with E-state index in [4.69, 9.17) is 31.8 Å². The molecule has 10 heteroatoms. The SMILES string of the molecule is C#Cc1ccc(Oc2ccccc2S(=O)(=O)c2ccc(Oc3ccc(Oc4ccc(S(=O)(=O)c5ccccc5Oc5ccc(C#C)cc5)cc4)cc3)cc2)cc1. The molecule has 274 valence electrons. The van der Waals surface area contributed by atoms with E-state index in [1.807, 2.05) is 0 Å². The van der Waals surface area contributed by atoms with Crippen molar-refractivity contribution in [3.63, 3.8) is 0 Å². The molecule has 0 atom stereocenters. The molecule has 0 aromatic heterocycles. The molecule has 0 bridgehead atoms. The topological polar surface area (TPSA) is 105 Å². The van der Waals surface area contributed by atoms with Crippen LogP contribution >= 0.6 is 0 Å². The molecule has 0 aliphatic carbocycles. The van der Waals surface area contributed by atoms with Gasteiger partial charge in [0.1, 0.15) is 55.8 Å². The summed E-state index contributed by atoms with van der Waals surface area (Å²) in [7, 11) is -7.88. The van der Waals surface area contributed by atoms with Crippen molar-refractivity contribution < 1.29 is 35.8 Å². The van der Waals surface area contributed by atoms with Crippen LogP contribution in [0, 0.1) is 24.7 Å².